The molecule has 0 radical (unpaired) electrons. The highest BCUT2D eigenvalue weighted by atomic mass is 32.2. The van der Waals surface area contributed by atoms with Crippen molar-refractivity contribution in [2.45, 2.75) is 30.8 Å². The Hall–Kier alpha value is -1.98. The number of aryl methyl sites for hydroxylation is 1. The molecule has 0 spiro atoms. The lowest BCUT2D eigenvalue weighted by Gasteiger charge is -2.18. The van der Waals surface area contributed by atoms with Crippen LogP contribution in [0.1, 0.15) is 34.5 Å². The fraction of sp³-hybridized carbons (Fsp3) is 0.250. The Morgan fingerprint density at radius 3 is 2.68 bits per heavy atom. The van der Waals surface area contributed by atoms with Crippen molar-refractivity contribution in [1.82, 2.24) is 9.97 Å². The highest BCUT2D eigenvalue weighted by Crippen LogP contribution is 2.33. The van der Waals surface area contributed by atoms with Crippen molar-refractivity contribution in [2.24, 2.45) is 0 Å². The van der Waals surface area contributed by atoms with Gasteiger partial charge >= 0.3 is 0 Å². The number of hydrogen-bond donors (Lipinski definition) is 0. The maximum absolute atomic E-state index is 12.3. The molecule has 0 amide bonds. The zero-order chi connectivity index (χ0) is 17.1. The first kappa shape index (κ1) is 16.5. The first-order valence-corrected chi connectivity index (χ1v) is 10.3. The lowest BCUT2D eigenvalue weighted by atomic mass is 9.94. The summed E-state index contributed by atoms with van der Waals surface area (Å²) in [4.78, 5) is 23.1. The first-order chi connectivity index (χ1) is 12.3. The summed E-state index contributed by atoms with van der Waals surface area (Å²) in [5, 5.41) is 2.80. The van der Waals surface area contributed by atoms with Gasteiger partial charge in [0.1, 0.15) is 0 Å². The number of benzene rings is 1. The van der Waals surface area contributed by atoms with Crippen molar-refractivity contribution >= 4 is 28.9 Å². The second-order valence-electron chi connectivity index (χ2n) is 6.04. The molecule has 25 heavy (non-hydrogen) atoms. The van der Waals surface area contributed by atoms with Crippen molar-refractivity contribution in [3.05, 3.63) is 64.7 Å². The summed E-state index contributed by atoms with van der Waals surface area (Å²) in [6.07, 6.45) is 4.45. The van der Waals surface area contributed by atoms with E-state index in [0.29, 0.717) is 10.9 Å². The van der Waals surface area contributed by atoms with Crippen LogP contribution in [0.2, 0.25) is 0 Å². The number of Topliss-reactive ketones (excluding diaryl/α,β-unsaturated/α-hetero) is 1. The van der Waals surface area contributed by atoms with Gasteiger partial charge in [0, 0.05) is 16.8 Å². The van der Waals surface area contributed by atoms with Gasteiger partial charge in [0.2, 0.25) is 0 Å². The van der Waals surface area contributed by atoms with E-state index in [1.54, 1.807) is 11.3 Å². The molecule has 3 nitrogen and oxygen atoms in total. The zero-order valence-electron chi connectivity index (χ0n) is 13.8. The summed E-state index contributed by atoms with van der Waals surface area (Å²) in [5.41, 5.74) is 4.27. The number of fused-ring (bicyclic) bond motifs is 1. The molecule has 0 aliphatic heterocycles. The quantitative estimate of drug-likeness (QED) is 0.360. The van der Waals surface area contributed by atoms with Gasteiger partial charge in [0.05, 0.1) is 16.3 Å². The van der Waals surface area contributed by atoms with Crippen LogP contribution in [-0.2, 0) is 12.8 Å². The van der Waals surface area contributed by atoms with Gasteiger partial charge in [-0.2, -0.15) is 0 Å². The van der Waals surface area contributed by atoms with Gasteiger partial charge in [0.15, 0.2) is 10.9 Å². The Balaban J connectivity index is 1.60. The smallest absolute Gasteiger partial charge is 0.188 e. The number of carbonyl (C=O) groups is 1. The summed E-state index contributed by atoms with van der Waals surface area (Å²) in [7, 11) is 0. The third-order valence-corrected chi connectivity index (χ3v) is 6.07. The van der Waals surface area contributed by atoms with E-state index in [-0.39, 0.29) is 5.78 Å². The van der Waals surface area contributed by atoms with E-state index in [1.807, 2.05) is 30.3 Å². The average Bonchev–Trinajstić information content (AvgIpc) is 3.20. The van der Waals surface area contributed by atoms with Gasteiger partial charge in [0.25, 0.3) is 0 Å². The number of rotatable bonds is 5. The number of thioether (sulfide) groups is 1. The molecule has 5 heteroatoms. The molecule has 0 atom stereocenters. The summed E-state index contributed by atoms with van der Waals surface area (Å²) in [5.74, 6) is 0.483. The Kier molecular flexibility index (Phi) is 4.95. The maximum atomic E-state index is 12.3. The molecule has 2 heterocycles. The minimum Gasteiger partial charge on any atom is -0.293 e. The second-order valence-corrected chi connectivity index (χ2v) is 7.93. The number of thiophene rings is 1. The van der Waals surface area contributed by atoms with Crippen LogP contribution in [0.5, 0.6) is 0 Å². The predicted octanol–water partition coefficient (Wildman–Crippen LogP) is 5.06. The molecule has 0 fully saturated rings. The van der Waals surface area contributed by atoms with Crippen LogP contribution in [0.3, 0.4) is 0 Å². The van der Waals surface area contributed by atoms with Gasteiger partial charge in [-0.05, 0) is 37.1 Å². The van der Waals surface area contributed by atoms with E-state index in [2.05, 4.69) is 17.5 Å². The lowest BCUT2D eigenvalue weighted by Crippen LogP contribution is -2.10. The molecule has 126 valence electrons. The number of nitrogens with zero attached hydrogens (tertiary/aromatic N) is 2. The third kappa shape index (κ3) is 3.67. The molecule has 4 rings (SSSR count). The largest absolute Gasteiger partial charge is 0.293 e. The van der Waals surface area contributed by atoms with Crippen molar-refractivity contribution in [3.8, 4) is 10.6 Å². The van der Waals surface area contributed by atoms with E-state index in [0.717, 1.165) is 24.1 Å². The molecular formula is C20H18N2OS2. The molecule has 2 aromatic heterocycles. The van der Waals surface area contributed by atoms with E-state index in [9.17, 15) is 4.79 Å². The van der Waals surface area contributed by atoms with Crippen molar-refractivity contribution in [1.29, 1.82) is 0 Å². The van der Waals surface area contributed by atoms with Crippen LogP contribution in [0, 0.1) is 0 Å². The lowest BCUT2D eigenvalue weighted by molar-refractivity contribution is 0.102. The average molecular weight is 367 g/mol. The van der Waals surface area contributed by atoms with Gasteiger partial charge in [-0.15, -0.1) is 11.3 Å². The second kappa shape index (κ2) is 7.50. The van der Waals surface area contributed by atoms with Gasteiger partial charge in [-0.3, -0.25) is 4.79 Å². The maximum Gasteiger partial charge on any atom is 0.188 e. The van der Waals surface area contributed by atoms with Crippen molar-refractivity contribution in [2.75, 3.05) is 5.75 Å². The van der Waals surface area contributed by atoms with Crippen LogP contribution < -0.4 is 0 Å². The Morgan fingerprint density at radius 1 is 1.04 bits per heavy atom. The highest BCUT2D eigenvalue weighted by Gasteiger charge is 2.20. The van der Waals surface area contributed by atoms with Crippen LogP contribution in [0.25, 0.3) is 10.6 Å². The van der Waals surface area contributed by atoms with Crippen molar-refractivity contribution < 1.29 is 4.79 Å². The van der Waals surface area contributed by atoms with E-state index in [4.69, 9.17) is 9.97 Å². The topological polar surface area (TPSA) is 42.9 Å². The third-order valence-electron chi connectivity index (χ3n) is 4.35. The molecule has 0 saturated heterocycles. The number of hydrogen-bond acceptors (Lipinski definition) is 5. The molecule has 1 aliphatic rings. The highest BCUT2D eigenvalue weighted by molar-refractivity contribution is 7.99. The Labute approximate surface area is 155 Å². The van der Waals surface area contributed by atoms with Crippen LogP contribution in [-0.4, -0.2) is 21.5 Å². The summed E-state index contributed by atoms with van der Waals surface area (Å²) >= 11 is 3.15. The summed E-state index contributed by atoms with van der Waals surface area (Å²) in [6, 6.07) is 13.6. The fourth-order valence-corrected chi connectivity index (χ4v) is 4.59. The zero-order valence-corrected chi connectivity index (χ0v) is 15.4. The molecule has 0 N–H and O–H groups in total. The van der Waals surface area contributed by atoms with E-state index < -0.39 is 0 Å². The molecule has 1 aliphatic carbocycles. The monoisotopic (exact) mass is 366 g/mol. The van der Waals surface area contributed by atoms with Crippen molar-refractivity contribution in [3.63, 3.8) is 0 Å². The molecule has 0 bridgehead atoms. The number of carbonyl (C=O) groups excluding carboxylic acids is 1. The predicted molar refractivity (Wildman–Crippen MR) is 103 cm³/mol. The molecular weight excluding hydrogens is 348 g/mol. The molecule has 0 saturated carbocycles. The SMILES string of the molecule is O=C(CSc1nc2c(c(-c3cccs3)n1)CCCC2)c1ccccc1. The normalized spacial score (nSPS) is 13.4. The number of ketones is 1. The number of aromatic nitrogens is 2. The van der Waals surface area contributed by atoms with Crippen LogP contribution >= 0.6 is 23.1 Å². The molecule has 1 aromatic carbocycles. The minimum absolute atomic E-state index is 0.115. The molecule has 3 aromatic rings. The minimum atomic E-state index is 0.115. The standard InChI is InChI=1S/C20H18N2OS2/c23-17(14-7-2-1-3-8-14)13-25-20-21-16-10-5-4-9-15(16)19(22-20)18-11-6-12-24-18/h1-3,6-8,11-12H,4-5,9-10,13H2. The fourth-order valence-electron chi connectivity index (χ4n) is 3.09. The van der Waals surface area contributed by atoms with E-state index in [1.165, 1.54) is 40.7 Å². The van der Waals surface area contributed by atoms with E-state index >= 15 is 0 Å². The van der Waals surface area contributed by atoms with Crippen LogP contribution in [0.15, 0.2) is 53.0 Å². The van der Waals surface area contributed by atoms with Gasteiger partial charge < -0.3 is 0 Å². The van der Waals surface area contributed by atoms with Crippen LogP contribution in [0.4, 0.5) is 0 Å². The molecule has 0 unspecified atom stereocenters. The summed E-state index contributed by atoms with van der Waals surface area (Å²) < 4.78 is 0. The Morgan fingerprint density at radius 2 is 1.88 bits per heavy atom. The Bertz CT molecular complexity index is 876. The summed E-state index contributed by atoms with van der Waals surface area (Å²) in [6.45, 7) is 0. The van der Waals surface area contributed by atoms with Gasteiger partial charge in [-0.25, -0.2) is 9.97 Å². The first-order valence-electron chi connectivity index (χ1n) is 8.46. The van der Waals surface area contributed by atoms with Gasteiger partial charge in [-0.1, -0.05) is 48.2 Å².